The summed E-state index contributed by atoms with van der Waals surface area (Å²) in [4.78, 5) is 34.4. The third kappa shape index (κ3) is 5.40. The Bertz CT molecular complexity index is 1400. The molecule has 2 aromatic heterocycles. The Balaban J connectivity index is 1.35. The summed E-state index contributed by atoms with van der Waals surface area (Å²) in [7, 11) is 0. The lowest BCUT2D eigenvalue weighted by Crippen LogP contribution is -2.41. The van der Waals surface area contributed by atoms with E-state index in [1.807, 2.05) is 0 Å². The zero-order valence-corrected chi connectivity index (χ0v) is 24.6. The van der Waals surface area contributed by atoms with E-state index in [0.717, 1.165) is 36.3 Å². The second-order valence-electron chi connectivity index (χ2n) is 12.7. The fourth-order valence-electron chi connectivity index (χ4n) is 6.91. The van der Waals surface area contributed by atoms with Crippen molar-refractivity contribution in [3.05, 3.63) is 41.7 Å². The number of benzene rings is 1. The highest BCUT2D eigenvalue weighted by Crippen LogP contribution is 2.38. The molecule has 2 aliphatic heterocycles. The highest BCUT2D eigenvalue weighted by atomic mass is 16.7. The number of fused-ring (bicyclic) bond motifs is 1. The lowest BCUT2D eigenvalue weighted by Gasteiger charge is -2.37. The van der Waals surface area contributed by atoms with Gasteiger partial charge in [-0.2, -0.15) is 4.98 Å². The van der Waals surface area contributed by atoms with Crippen molar-refractivity contribution in [2.45, 2.75) is 83.6 Å². The minimum Gasteiger partial charge on any atom is -0.377 e. The fourth-order valence-corrected chi connectivity index (χ4v) is 6.91. The lowest BCUT2D eigenvalue weighted by molar-refractivity contribution is 0.0927. The van der Waals surface area contributed by atoms with Gasteiger partial charge in [-0.1, -0.05) is 56.5 Å². The number of aromatic nitrogens is 4. The van der Waals surface area contributed by atoms with Crippen LogP contribution in [-0.4, -0.2) is 51.4 Å². The van der Waals surface area contributed by atoms with Gasteiger partial charge in [0.1, 0.15) is 5.52 Å². The molecule has 3 aromatic rings. The van der Waals surface area contributed by atoms with Gasteiger partial charge in [0.05, 0.1) is 19.3 Å². The van der Waals surface area contributed by atoms with Gasteiger partial charge in [-0.05, 0) is 55.9 Å². The Morgan fingerprint density at radius 2 is 1.88 bits per heavy atom. The van der Waals surface area contributed by atoms with E-state index in [-0.39, 0.29) is 12.1 Å². The third-order valence-electron chi connectivity index (χ3n) is 9.76. The van der Waals surface area contributed by atoms with Crippen LogP contribution in [0.4, 0.5) is 16.6 Å². The van der Waals surface area contributed by atoms with Crippen LogP contribution < -0.4 is 21.0 Å². The maximum atomic E-state index is 11.9. The number of nitrogens with zero attached hydrogens (tertiary/aromatic N) is 5. The van der Waals surface area contributed by atoms with Crippen molar-refractivity contribution in [1.82, 2.24) is 30.3 Å². The number of hydrogen-bond donors (Lipinski definition) is 3. The standard InChI is InChI=1S/C31H42N8O3/c1-19-11-13-21(14-12-19)17-39-25-26(32-20(2)22-9-6-10-22)33-28(29-36-31(40)42-37-29)34-27(25)35-30(39)38-15-16-41-18-24(38)23-7-4-3-5-8-23/h3-5,7-8,19-22,24,29,37H,6,9-18H2,1-2H3,(H,36,40)(H,32,33,34)/t19?,20-,21?,24+,29?/m1/s1. The Kier molecular flexibility index (Phi) is 7.62. The van der Waals surface area contributed by atoms with Crippen molar-refractivity contribution in [2.75, 3.05) is 30.0 Å². The van der Waals surface area contributed by atoms with E-state index < -0.39 is 12.3 Å². The van der Waals surface area contributed by atoms with Gasteiger partial charge >= 0.3 is 6.09 Å². The van der Waals surface area contributed by atoms with E-state index in [4.69, 9.17) is 24.5 Å². The number of carbonyl (C=O) groups excluding carboxylic acids is 1. The molecule has 1 unspecified atom stereocenters. The molecule has 42 heavy (non-hydrogen) atoms. The number of imidazole rings is 1. The van der Waals surface area contributed by atoms with Crippen molar-refractivity contribution in [1.29, 1.82) is 0 Å². The van der Waals surface area contributed by atoms with E-state index in [2.05, 4.69) is 69.8 Å². The number of amides is 1. The number of rotatable bonds is 8. The molecule has 4 heterocycles. The summed E-state index contributed by atoms with van der Waals surface area (Å²) in [5, 5.41) is 6.53. The molecule has 1 aromatic carbocycles. The molecule has 7 rings (SSSR count). The average molecular weight is 575 g/mol. The summed E-state index contributed by atoms with van der Waals surface area (Å²) >= 11 is 0. The minimum atomic E-state index is -0.643. The van der Waals surface area contributed by atoms with Crippen LogP contribution in [0.15, 0.2) is 30.3 Å². The summed E-state index contributed by atoms with van der Waals surface area (Å²) in [5.41, 5.74) is 5.49. The Morgan fingerprint density at radius 3 is 2.60 bits per heavy atom. The molecule has 0 radical (unpaired) electrons. The van der Waals surface area contributed by atoms with Gasteiger partial charge in [-0.3, -0.25) is 5.32 Å². The lowest BCUT2D eigenvalue weighted by atomic mass is 9.80. The topological polar surface area (TPSA) is 118 Å². The maximum absolute atomic E-state index is 11.9. The predicted molar refractivity (Wildman–Crippen MR) is 160 cm³/mol. The maximum Gasteiger partial charge on any atom is 0.427 e. The smallest absolute Gasteiger partial charge is 0.377 e. The average Bonchev–Trinajstić information content (AvgIpc) is 3.57. The Labute approximate surface area is 246 Å². The first kappa shape index (κ1) is 27.4. The van der Waals surface area contributed by atoms with Crippen molar-refractivity contribution < 1.29 is 14.4 Å². The molecule has 4 aliphatic rings. The molecule has 0 bridgehead atoms. The largest absolute Gasteiger partial charge is 0.427 e. The number of ether oxygens (including phenoxy) is 1. The zero-order chi connectivity index (χ0) is 28.6. The first-order chi connectivity index (χ1) is 20.5. The number of nitrogens with one attached hydrogen (secondary N) is 3. The van der Waals surface area contributed by atoms with Gasteiger partial charge in [0.2, 0.25) is 5.95 Å². The van der Waals surface area contributed by atoms with Gasteiger partial charge in [0.25, 0.3) is 0 Å². The van der Waals surface area contributed by atoms with Gasteiger partial charge in [0, 0.05) is 19.1 Å². The fraction of sp³-hybridized carbons (Fsp3) is 0.613. The van der Waals surface area contributed by atoms with Crippen LogP contribution >= 0.6 is 0 Å². The molecule has 2 aliphatic carbocycles. The van der Waals surface area contributed by atoms with Crippen molar-refractivity contribution in [2.24, 2.45) is 17.8 Å². The molecular formula is C31H42N8O3. The molecule has 3 N–H and O–H groups in total. The monoisotopic (exact) mass is 574 g/mol. The Morgan fingerprint density at radius 1 is 1.07 bits per heavy atom. The summed E-state index contributed by atoms with van der Waals surface area (Å²) in [6, 6.07) is 10.9. The van der Waals surface area contributed by atoms with Crippen LogP contribution in [0.5, 0.6) is 0 Å². The third-order valence-corrected chi connectivity index (χ3v) is 9.76. The number of hydroxylamine groups is 1. The quantitative estimate of drug-likeness (QED) is 0.339. The normalized spacial score (nSPS) is 27.4. The van der Waals surface area contributed by atoms with Crippen molar-refractivity contribution >= 4 is 29.0 Å². The molecule has 1 amide bonds. The van der Waals surface area contributed by atoms with E-state index >= 15 is 0 Å². The summed E-state index contributed by atoms with van der Waals surface area (Å²) in [5.74, 6) is 4.07. The molecule has 11 nitrogen and oxygen atoms in total. The van der Waals surface area contributed by atoms with Gasteiger partial charge in [0.15, 0.2) is 23.5 Å². The summed E-state index contributed by atoms with van der Waals surface area (Å²) < 4.78 is 8.38. The summed E-state index contributed by atoms with van der Waals surface area (Å²) in [6.07, 6.45) is 7.47. The SMILES string of the molecule is CC1CCC(Cn2c(N3CCOC[C@H]3c3ccccc3)nc3nc(C4NOC(=O)N4)nc(N[C@H](C)C4CCC4)c32)CC1. The first-order valence-electron chi connectivity index (χ1n) is 15.7. The molecule has 224 valence electrons. The van der Waals surface area contributed by atoms with Gasteiger partial charge in [-0.15, -0.1) is 5.48 Å². The van der Waals surface area contributed by atoms with Gasteiger partial charge < -0.3 is 24.4 Å². The number of morpholine rings is 1. The van der Waals surface area contributed by atoms with Crippen molar-refractivity contribution in [3.63, 3.8) is 0 Å². The molecule has 0 spiro atoms. The molecular weight excluding hydrogens is 532 g/mol. The highest BCUT2D eigenvalue weighted by Gasteiger charge is 2.34. The van der Waals surface area contributed by atoms with Crippen LogP contribution in [0.2, 0.25) is 0 Å². The second kappa shape index (κ2) is 11.7. The van der Waals surface area contributed by atoms with Crippen LogP contribution in [0.3, 0.4) is 0 Å². The van der Waals surface area contributed by atoms with Crippen LogP contribution in [0, 0.1) is 17.8 Å². The second-order valence-corrected chi connectivity index (χ2v) is 12.7. The molecule has 11 heteroatoms. The zero-order valence-electron chi connectivity index (χ0n) is 24.6. The predicted octanol–water partition coefficient (Wildman–Crippen LogP) is 5.07. The molecule has 3 atom stereocenters. The number of anilines is 2. The van der Waals surface area contributed by atoms with E-state index in [1.54, 1.807) is 0 Å². The van der Waals surface area contributed by atoms with Crippen LogP contribution in [0.1, 0.15) is 82.4 Å². The van der Waals surface area contributed by atoms with E-state index in [1.165, 1.54) is 50.5 Å². The van der Waals surface area contributed by atoms with Gasteiger partial charge in [-0.25, -0.2) is 14.8 Å². The molecule has 2 saturated heterocycles. The summed E-state index contributed by atoms with van der Waals surface area (Å²) in [6.45, 7) is 7.46. The Hall–Kier alpha value is -3.44. The minimum absolute atomic E-state index is 0.0452. The van der Waals surface area contributed by atoms with E-state index in [9.17, 15) is 4.79 Å². The first-order valence-corrected chi connectivity index (χ1v) is 15.7. The number of carbonyl (C=O) groups is 1. The van der Waals surface area contributed by atoms with Crippen LogP contribution in [-0.2, 0) is 16.1 Å². The number of hydrogen-bond acceptors (Lipinski definition) is 9. The van der Waals surface area contributed by atoms with E-state index in [0.29, 0.717) is 36.5 Å². The highest BCUT2D eigenvalue weighted by molar-refractivity contribution is 5.86. The van der Waals surface area contributed by atoms with Crippen LogP contribution in [0.25, 0.3) is 11.2 Å². The molecule has 4 fully saturated rings. The van der Waals surface area contributed by atoms with Crippen molar-refractivity contribution in [3.8, 4) is 0 Å². The molecule has 2 saturated carbocycles.